The number of phosphoric acid groups is 3. The fourth-order valence-corrected chi connectivity index (χ4v) is 6.08. The number of aliphatic hydroxyl groups is 1. The van der Waals surface area contributed by atoms with Gasteiger partial charge in [-0.3, -0.25) is 4.52 Å². The molecule has 0 saturated carbocycles. The molecule has 3 heterocycles. The molecule has 0 bridgehead atoms. The highest BCUT2D eigenvalue weighted by Gasteiger charge is 2.45. The lowest BCUT2D eigenvalue weighted by Crippen LogP contribution is -2.29. The summed E-state index contributed by atoms with van der Waals surface area (Å²) in [7, 11) is -16.5. The van der Waals surface area contributed by atoms with Gasteiger partial charge >= 0.3 is 23.5 Å². The number of anilines is 1. The molecule has 3 rings (SSSR count). The van der Waals surface area contributed by atoms with E-state index in [0.717, 1.165) is 0 Å². The first-order chi connectivity index (χ1) is 14.2. The Morgan fingerprint density at radius 3 is 2.48 bits per heavy atom. The van der Waals surface area contributed by atoms with Gasteiger partial charge in [-0.05, 0) is 12.1 Å². The highest BCUT2D eigenvalue weighted by Crippen LogP contribution is 2.66. The molecule has 1 fully saturated rings. The molecule has 0 radical (unpaired) electrons. The van der Waals surface area contributed by atoms with Crippen molar-refractivity contribution in [3.05, 3.63) is 24.2 Å². The van der Waals surface area contributed by atoms with Crippen LogP contribution in [0.2, 0.25) is 0 Å². The van der Waals surface area contributed by atoms with Gasteiger partial charge < -0.3 is 35.2 Å². The topological polar surface area (TPSA) is 245 Å². The Labute approximate surface area is 174 Å². The van der Waals surface area contributed by atoms with E-state index in [0.29, 0.717) is 11.2 Å². The standard InChI is InChI=1S/C12H19N4O12P3/c1-6-10(17)9(4-25-30(21,22)28-31(23,24)27-29(18,19)20)26-11(6)7-2-3-8-12(13)14-5-15-16(7)8/h2-3,5-6,9-11,17H,4H2,1H3,(H,21,22)(H,23,24)(H2,13,14,15)(H2,18,19,20). The molecule has 1 saturated heterocycles. The highest BCUT2D eigenvalue weighted by molar-refractivity contribution is 7.66. The van der Waals surface area contributed by atoms with Gasteiger partial charge in [0.15, 0.2) is 5.82 Å². The van der Waals surface area contributed by atoms with Crippen LogP contribution in [-0.4, -0.2) is 58.1 Å². The van der Waals surface area contributed by atoms with Crippen LogP contribution in [0, 0.1) is 5.92 Å². The highest BCUT2D eigenvalue weighted by atomic mass is 31.3. The van der Waals surface area contributed by atoms with Crippen molar-refractivity contribution in [3.8, 4) is 0 Å². The van der Waals surface area contributed by atoms with Crippen LogP contribution in [0.25, 0.3) is 5.52 Å². The Bertz CT molecular complexity index is 1100. The van der Waals surface area contributed by atoms with Crippen molar-refractivity contribution in [2.24, 2.45) is 5.92 Å². The van der Waals surface area contributed by atoms with Crippen LogP contribution in [0.1, 0.15) is 18.7 Å². The number of hydrogen-bond acceptors (Lipinski definition) is 11. The van der Waals surface area contributed by atoms with Gasteiger partial charge in [-0.25, -0.2) is 23.2 Å². The van der Waals surface area contributed by atoms with Gasteiger partial charge in [0.25, 0.3) is 0 Å². The van der Waals surface area contributed by atoms with E-state index in [1.807, 2.05) is 0 Å². The molecule has 16 nitrogen and oxygen atoms in total. The van der Waals surface area contributed by atoms with Gasteiger partial charge in [0.1, 0.15) is 24.1 Å². The van der Waals surface area contributed by atoms with Crippen molar-refractivity contribution in [3.63, 3.8) is 0 Å². The van der Waals surface area contributed by atoms with Crippen molar-refractivity contribution in [2.75, 3.05) is 12.3 Å². The Balaban J connectivity index is 1.69. The summed E-state index contributed by atoms with van der Waals surface area (Å²) in [6.45, 7) is 0.871. The van der Waals surface area contributed by atoms with E-state index >= 15 is 0 Å². The number of rotatable bonds is 8. The summed E-state index contributed by atoms with van der Waals surface area (Å²) in [5.41, 5.74) is 6.79. The molecule has 6 atom stereocenters. The van der Waals surface area contributed by atoms with Gasteiger partial charge in [-0.2, -0.15) is 13.7 Å². The normalized spacial score (nSPS) is 28.5. The second-order valence-corrected chi connectivity index (χ2v) is 11.0. The third-order valence-corrected chi connectivity index (χ3v) is 8.14. The Morgan fingerprint density at radius 1 is 1.16 bits per heavy atom. The van der Waals surface area contributed by atoms with Gasteiger partial charge in [-0.15, -0.1) is 0 Å². The lowest BCUT2D eigenvalue weighted by molar-refractivity contribution is -0.0235. The van der Waals surface area contributed by atoms with Gasteiger partial charge in [0.05, 0.1) is 18.4 Å². The van der Waals surface area contributed by atoms with Crippen LogP contribution in [-0.2, 0) is 31.6 Å². The summed E-state index contributed by atoms with van der Waals surface area (Å²) < 4.78 is 52.8. The van der Waals surface area contributed by atoms with Crippen LogP contribution in [0.3, 0.4) is 0 Å². The lowest BCUT2D eigenvalue weighted by atomic mass is 9.97. The number of aliphatic hydroxyl groups excluding tert-OH is 1. The molecular weight excluding hydrogens is 485 g/mol. The monoisotopic (exact) mass is 504 g/mol. The van der Waals surface area contributed by atoms with Crippen molar-refractivity contribution >= 4 is 34.8 Å². The molecule has 19 heteroatoms. The molecule has 1 aliphatic rings. The van der Waals surface area contributed by atoms with E-state index in [4.69, 9.17) is 25.2 Å². The Kier molecular flexibility index (Phi) is 6.76. The number of aromatic nitrogens is 3. The van der Waals surface area contributed by atoms with Crippen LogP contribution < -0.4 is 5.73 Å². The average molecular weight is 504 g/mol. The number of hydrogen-bond donors (Lipinski definition) is 6. The molecule has 0 aromatic carbocycles. The number of fused-ring (bicyclic) bond motifs is 1. The van der Waals surface area contributed by atoms with Crippen LogP contribution >= 0.6 is 23.5 Å². The van der Waals surface area contributed by atoms with E-state index < -0.39 is 54.3 Å². The zero-order chi connectivity index (χ0) is 23.2. The minimum atomic E-state index is -5.64. The van der Waals surface area contributed by atoms with Crippen molar-refractivity contribution in [1.82, 2.24) is 14.6 Å². The molecular formula is C12H19N4O12P3. The number of nitrogens with zero attached hydrogens (tertiary/aromatic N) is 3. The predicted octanol–water partition coefficient (Wildman–Crippen LogP) is 0.0917. The third-order valence-electron chi connectivity index (χ3n) is 4.34. The second kappa shape index (κ2) is 8.60. The van der Waals surface area contributed by atoms with Crippen LogP contribution in [0.4, 0.5) is 5.82 Å². The fourth-order valence-electron chi connectivity index (χ4n) is 3.05. The van der Waals surface area contributed by atoms with Crippen LogP contribution in [0.15, 0.2) is 18.5 Å². The Morgan fingerprint density at radius 2 is 1.84 bits per heavy atom. The molecule has 0 aliphatic carbocycles. The van der Waals surface area contributed by atoms with E-state index in [1.165, 1.54) is 10.8 Å². The lowest BCUT2D eigenvalue weighted by Gasteiger charge is -2.19. The Hall–Kier alpha value is -1.25. The molecule has 31 heavy (non-hydrogen) atoms. The van der Waals surface area contributed by atoms with E-state index in [2.05, 4.69) is 23.2 Å². The first-order valence-corrected chi connectivity index (χ1v) is 12.9. The van der Waals surface area contributed by atoms with E-state index in [9.17, 15) is 23.7 Å². The maximum atomic E-state index is 11.9. The number of phosphoric ester groups is 1. The zero-order valence-electron chi connectivity index (χ0n) is 15.6. The van der Waals surface area contributed by atoms with Crippen molar-refractivity contribution < 1.29 is 56.3 Å². The van der Waals surface area contributed by atoms with E-state index in [-0.39, 0.29) is 5.82 Å². The van der Waals surface area contributed by atoms with Gasteiger partial charge in [-0.1, -0.05) is 6.92 Å². The summed E-state index contributed by atoms with van der Waals surface area (Å²) >= 11 is 0. The number of ether oxygens (including phenoxy) is 1. The molecule has 2 aromatic heterocycles. The van der Waals surface area contributed by atoms with Gasteiger partial charge in [0.2, 0.25) is 0 Å². The molecule has 7 N–H and O–H groups in total. The molecule has 6 unspecified atom stereocenters. The summed E-state index contributed by atoms with van der Waals surface area (Å²) in [5.74, 6) is -0.319. The molecule has 2 aromatic rings. The summed E-state index contributed by atoms with van der Waals surface area (Å²) in [6.07, 6.45) is -1.87. The maximum Gasteiger partial charge on any atom is 0.490 e. The molecule has 1 aliphatic heterocycles. The smallest absolute Gasteiger partial charge is 0.390 e. The minimum Gasteiger partial charge on any atom is -0.390 e. The number of nitrogens with two attached hydrogens (primary N) is 1. The zero-order valence-corrected chi connectivity index (χ0v) is 18.3. The minimum absolute atomic E-state index is 0.219. The number of nitrogen functional groups attached to an aromatic ring is 1. The van der Waals surface area contributed by atoms with Gasteiger partial charge in [0, 0.05) is 5.92 Å². The first-order valence-electron chi connectivity index (χ1n) is 8.39. The largest absolute Gasteiger partial charge is 0.490 e. The fraction of sp³-hybridized carbons (Fsp3) is 0.500. The van der Waals surface area contributed by atoms with Crippen molar-refractivity contribution in [1.29, 1.82) is 0 Å². The molecule has 0 spiro atoms. The quantitative estimate of drug-likeness (QED) is 0.261. The predicted molar refractivity (Wildman–Crippen MR) is 100 cm³/mol. The summed E-state index contributed by atoms with van der Waals surface area (Å²) in [5, 5.41) is 14.5. The second-order valence-electron chi connectivity index (χ2n) is 6.53. The third kappa shape index (κ3) is 5.76. The average Bonchev–Trinajstić information content (AvgIpc) is 3.13. The van der Waals surface area contributed by atoms with Crippen molar-refractivity contribution in [2.45, 2.75) is 25.2 Å². The first kappa shape index (κ1) is 24.4. The summed E-state index contributed by atoms with van der Waals surface area (Å²) in [4.78, 5) is 39.6. The maximum absolute atomic E-state index is 11.9. The van der Waals surface area contributed by atoms with Crippen LogP contribution in [0.5, 0.6) is 0 Å². The summed E-state index contributed by atoms with van der Waals surface area (Å²) in [6, 6.07) is 3.30. The van der Waals surface area contributed by atoms with E-state index in [1.54, 1.807) is 19.1 Å². The molecule has 174 valence electrons. The molecule has 0 amide bonds. The SMILES string of the molecule is CC1C(c2ccc3c(N)ncnn23)OC(COP(=O)(O)OP(=O)(O)OP(=O)(O)O)C1O.